The average molecular weight is 492 g/mol. The first kappa shape index (κ1) is 26.0. The molecule has 0 aromatic heterocycles. The topological polar surface area (TPSA) is 85.7 Å². The number of anilines is 1. The zero-order chi connectivity index (χ0) is 25.6. The Labute approximate surface area is 199 Å². The average Bonchev–Trinajstić information content (AvgIpc) is 2.82. The first-order valence-electron chi connectivity index (χ1n) is 10.8. The van der Waals surface area contributed by atoms with Gasteiger partial charge in [0.25, 0.3) is 0 Å². The van der Waals surface area contributed by atoms with Gasteiger partial charge in [-0.3, -0.25) is 9.59 Å². The van der Waals surface area contributed by atoms with Crippen LogP contribution < -0.4 is 10.2 Å². The fourth-order valence-corrected chi connectivity index (χ4v) is 3.91. The molecule has 1 saturated heterocycles. The number of rotatable bonds is 7. The van der Waals surface area contributed by atoms with Crippen LogP contribution in [0.4, 0.5) is 23.2 Å². The van der Waals surface area contributed by atoms with Crippen LogP contribution in [-0.2, 0) is 26.9 Å². The first-order chi connectivity index (χ1) is 16.6. The smallest absolute Gasteiger partial charge is 0.383 e. The minimum absolute atomic E-state index is 0.0751. The van der Waals surface area contributed by atoms with E-state index in [1.54, 1.807) is 6.07 Å². The summed E-state index contributed by atoms with van der Waals surface area (Å²) in [4.78, 5) is 28.8. The molecule has 1 heterocycles. The van der Waals surface area contributed by atoms with E-state index >= 15 is 0 Å². The molecule has 1 N–H and O–H groups in total. The number of nitrogens with one attached hydrogen (secondary N) is 1. The largest absolute Gasteiger partial charge is 0.417 e. The molecule has 186 valence electrons. The van der Waals surface area contributed by atoms with Gasteiger partial charge in [0.15, 0.2) is 0 Å². The molecule has 3 rings (SSSR count). The summed E-state index contributed by atoms with van der Waals surface area (Å²) in [7, 11) is 1.46. The normalized spacial score (nSPS) is 16.1. The number of nitrogens with zero attached hydrogens (tertiary/aromatic N) is 3. The predicted octanol–water partition coefficient (Wildman–Crippen LogP) is 2.74. The maximum atomic E-state index is 13.5. The predicted molar refractivity (Wildman–Crippen MR) is 119 cm³/mol. The summed E-state index contributed by atoms with van der Waals surface area (Å²) in [5, 5.41) is 11.7. The van der Waals surface area contributed by atoms with Crippen LogP contribution in [0, 0.1) is 17.1 Å². The van der Waals surface area contributed by atoms with Crippen LogP contribution >= 0.6 is 0 Å². The van der Waals surface area contributed by atoms with Gasteiger partial charge in [0, 0.05) is 32.4 Å². The van der Waals surface area contributed by atoms with E-state index in [4.69, 9.17) is 10.00 Å². The number of carbonyl (C=O) groups is 2. The lowest BCUT2D eigenvalue weighted by molar-refractivity contribution is -0.137. The highest BCUT2D eigenvalue weighted by molar-refractivity contribution is 5.87. The van der Waals surface area contributed by atoms with Crippen molar-refractivity contribution in [1.29, 1.82) is 5.26 Å². The molecule has 1 aliphatic rings. The summed E-state index contributed by atoms with van der Waals surface area (Å²) in [6.07, 6.45) is -4.83. The van der Waals surface area contributed by atoms with Gasteiger partial charge in [-0.25, -0.2) is 4.39 Å². The molecule has 0 radical (unpaired) electrons. The van der Waals surface area contributed by atoms with Crippen LogP contribution in [0.3, 0.4) is 0 Å². The molecule has 0 saturated carbocycles. The van der Waals surface area contributed by atoms with Crippen molar-refractivity contribution in [1.82, 2.24) is 10.2 Å². The van der Waals surface area contributed by atoms with Crippen LogP contribution in [0.5, 0.6) is 0 Å². The molecule has 2 amide bonds. The lowest BCUT2D eigenvalue weighted by Gasteiger charge is -2.42. The number of hydrogen-bond acceptors (Lipinski definition) is 5. The van der Waals surface area contributed by atoms with Crippen molar-refractivity contribution in [3.05, 3.63) is 65.0 Å². The highest BCUT2D eigenvalue weighted by Crippen LogP contribution is 2.35. The highest BCUT2D eigenvalue weighted by Gasteiger charge is 2.37. The van der Waals surface area contributed by atoms with Gasteiger partial charge in [-0.15, -0.1) is 0 Å². The monoisotopic (exact) mass is 492 g/mol. The van der Waals surface area contributed by atoms with Gasteiger partial charge in [-0.1, -0.05) is 12.1 Å². The molecule has 7 nitrogen and oxygen atoms in total. The zero-order valence-electron chi connectivity index (χ0n) is 18.9. The summed E-state index contributed by atoms with van der Waals surface area (Å²) in [6, 6.07) is 9.44. The van der Waals surface area contributed by atoms with Crippen molar-refractivity contribution < 1.29 is 31.9 Å². The molecule has 1 aliphatic heterocycles. The van der Waals surface area contributed by atoms with Gasteiger partial charge >= 0.3 is 6.18 Å². The second-order valence-electron chi connectivity index (χ2n) is 7.98. The van der Waals surface area contributed by atoms with Gasteiger partial charge < -0.3 is 19.9 Å². The molecule has 2 aromatic rings. The third-order valence-corrected chi connectivity index (χ3v) is 5.65. The molecule has 11 heteroatoms. The standard InChI is InChI=1S/C24H24F4N4O3/c1-35-10-7-30-23(34)21-15-31(22(33)12-16-3-2-4-18(25)11-16)8-9-32(21)19-6-5-17(14-29)20(13-19)24(26,27)28/h2-6,11,13,21H,7-10,12,15H2,1H3,(H,30,34). The number of nitriles is 1. The van der Waals surface area contributed by atoms with Gasteiger partial charge in [0.1, 0.15) is 11.9 Å². The Bertz CT molecular complexity index is 1120. The van der Waals surface area contributed by atoms with E-state index in [1.807, 2.05) is 0 Å². The molecule has 2 aromatic carbocycles. The van der Waals surface area contributed by atoms with Gasteiger partial charge in [0.2, 0.25) is 11.8 Å². The Kier molecular flexibility index (Phi) is 8.30. The summed E-state index contributed by atoms with van der Waals surface area (Å²) < 4.78 is 58.9. The number of halogens is 4. The van der Waals surface area contributed by atoms with Gasteiger partial charge in [0.05, 0.1) is 36.8 Å². The van der Waals surface area contributed by atoms with Crippen molar-refractivity contribution in [2.45, 2.75) is 18.6 Å². The highest BCUT2D eigenvalue weighted by atomic mass is 19.4. The zero-order valence-corrected chi connectivity index (χ0v) is 18.9. The first-order valence-corrected chi connectivity index (χ1v) is 10.8. The fraction of sp³-hybridized carbons (Fsp3) is 0.375. The molecule has 1 unspecified atom stereocenters. The van der Waals surface area contributed by atoms with E-state index in [0.717, 1.165) is 12.1 Å². The summed E-state index contributed by atoms with van der Waals surface area (Å²) in [6.45, 7) is 0.569. The molecular weight excluding hydrogens is 468 g/mol. The number of hydrogen-bond donors (Lipinski definition) is 1. The second kappa shape index (κ2) is 11.2. The van der Waals surface area contributed by atoms with Crippen LogP contribution in [0.15, 0.2) is 42.5 Å². The maximum absolute atomic E-state index is 13.5. The van der Waals surface area contributed by atoms with Crippen molar-refractivity contribution in [2.75, 3.05) is 44.8 Å². The minimum Gasteiger partial charge on any atom is -0.383 e. The quantitative estimate of drug-likeness (QED) is 0.475. The molecule has 0 bridgehead atoms. The Morgan fingerprint density at radius 3 is 2.63 bits per heavy atom. The lowest BCUT2D eigenvalue weighted by Crippen LogP contribution is -2.60. The van der Waals surface area contributed by atoms with Crippen molar-refractivity contribution in [2.24, 2.45) is 0 Å². The fourth-order valence-electron chi connectivity index (χ4n) is 3.91. The Hall–Kier alpha value is -3.65. The lowest BCUT2D eigenvalue weighted by atomic mass is 10.0. The van der Waals surface area contributed by atoms with Crippen molar-refractivity contribution in [3.8, 4) is 6.07 Å². The summed E-state index contributed by atoms with van der Waals surface area (Å²) in [5.74, 6) is -1.29. The SMILES string of the molecule is COCCNC(=O)C1CN(C(=O)Cc2cccc(F)c2)CCN1c1ccc(C#N)c(C(F)(F)F)c1. The van der Waals surface area contributed by atoms with Crippen molar-refractivity contribution in [3.63, 3.8) is 0 Å². The van der Waals surface area contributed by atoms with Crippen LogP contribution in [0.25, 0.3) is 0 Å². The minimum atomic E-state index is -4.75. The molecule has 1 atom stereocenters. The van der Waals surface area contributed by atoms with Crippen LogP contribution in [0.2, 0.25) is 0 Å². The van der Waals surface area contributed by atoms with E-state index in [9.17, 15) is 27.2 Å². The summed E-state index contributed by atoms with van der Waals surface area (Å²) in [5.41, 5.74) is -1.03. The second-order valence-corrected chi connectivity index (χ2v) is 7.98. The number of carbonyl (C=O) groups excluding carboxylic acids is 2. The van der Waals surface area contributed by atoms with Crippen LogP contribution in [0.1, 0.15) is 16.7 Å². The van der Waals surface area contributed by atoms with Crippen molar-refractivity contribution >= 4 is 17.5 Å². The number of methoxy groups -OCH3 is 1. The molecule has 0 aliphatic carbocycles. The van der Waals surface area contributed by atoms with Crippen LogP contribution in [-0.4, -0.2) is 62.7 Å². The number of piperazine rings is 1. The van der Waals surface area contributed by atoms with Gasteiger partial charge in [-0.05, 0) is 35.9 Å². The molecular formula is C24H24F4N4O3. The number of benzene rings is 2. The molecule has 35 heavy (non-hydrogen) atoms. The van der Waals surface area contributed by atoms with Gasteiger partial charge in [-0.2, -0.15) is 18.4 Å². The molecule has 1 fully saturated rings. The Morgan fingerprint density at radius 2 is 1.97 bits per heavy atom. The van der Waals surface area contributed by atoms with E-state index in [-0.39, 0.29) is 50.8 Å². The summed E-state index contributed by atoms with van der Waals surface area (Å²) >= 11 is 0. The van der Waals surface area contributed by atoms with E-state index in [0.29, 0.717) is 5.56 Å². The number of amides is 2. The molecule has 0 spiro atoms. The third kappa shape index (κ3) is 6.48. The Balaban J connectivity index is 1.86. The maximum Gasteiger partial charge on any atom is 0.417 e. The number of ether oxygens (including phenoxy) is 1. The third-order valence-electron chi connectivity index (χ3n) is 5.65. The Morgan fingerprint density at radius 1 is 1.20 bits per heavy atom. The van der Waals surface area contributed by atoms with E-state index in [1.165, 1.54) is 47.2 Å². The van der Waals surface area contributed by atoms with E-state index in [2.05, 4.69) is 5.32 Å². The van der Waals surface area contributed by atoms with E-state index < -0.39 is 35.1 Å². The number of alkyl halides is 3.